The fourth-order valence-electron chi connectivity index (χ4n) is 1.34. The number of imidazole rings is 1. The second kappa shape index (κ2) is 3.96. The number of aromatic amines is 1. The van der Waals surface area contributed by atoms with Gasteiger partial charge < -0.3 is 9.72 Å². The van der Waals surface area contributed by atoms with Gasteiger partial charge in [-0.15, -0.1) is 0 Å². The Balaban J connectivity index is 2.39. The quantitative estimate of drug-likeness (QED) is 0.756. The second-order valence-corrected chi connectivity index (χ2v) is 3.03. The first-order chi connectivity index (χ1) is 7.31. The molecule has 0 spiro atoms. The van der Waals surface area contributed by atoms with Gasteiger partial charge in [-0.1, -0.05) is 12.1 Å². The first kappa shape index (κ1) is 9.45. The predicted molar refractivity (Wildman–Crippen MR) is 55.4 cm³/mol. The van der Waals surface area contributed by atoms with Gasteiger partial charge in [0, 0.05) is 11.8 Å². The van der Waals surface area contributed by atoms with Crippen molar-refractivity contribution in [2.75, 3.05) is 7.11 Å². The summed E-state index contributed by atoms with van der Waals surface area (Å²) in [5, 5.41) is 0. The molecule has 2 aromatic rings. The molecule has 0 aliphatic rings. The lowest BCUT2D eigenvalue weighted by molar-refractivity contribution is 0.0601. The topological polar surface area (TPSA) is 55.0 Å². The number of aromatic nitrogens is 2. The van der Waals surface area contributed by atoms with E-state index < -0.39 is 0 Å². The van der Waals surface area contributed by atoms with Crippen molar-refractivity contribution in [3.8, 4) is 11.3 Å². The number of hydrogen-bond acceptors (Lipinski definition) is 3. The van der Waals surface area contributed by atoms with E-state index in [0.717, 1.165) is 11.3 Å². The van der Waals surface area contributed by atoms with Crippen molar-refractivity contribution < 1.29 is 9.53 Å². The number of benzene rings is 1. The SMILES string of the molecule is COC(=O)c1cccc(-c2c[nH]cn2)c1. The molecule has 1 aromatic heterocycles. The fourth-order valence-corrected chi connectivity index (χ4v) is 1.34. The molecule has 0 fully saturated rings. The summed E-state index contributed by atoms with van der Waals surface area (Å²) in [6, 6.07) is 7.16. The summed E-state index contributed by atoms with van der Waals surface area (Å²) in [7, 11) is 1.36. The summed E-state index contributed by atoms with van der Waals surface area (Å²) in [5.74, 6) is -0.340. The number of carbonyl (C=O) groups is 1. The molecule has 0 unspecified atom stereocenters. The van der Waals surface area contributed by atoms with Gasteiger partial charge in [0.25, 0.3) is 0 Å². The van der Waals surface area contributed by atoms with E-state index in [9.17, 15) is 4.79 Å². The second-order valence-electron chi connectivity index (χ2n) is 3.03. The highest BCUT2D eigenvalue weighted by atomic mass is 16.5. The van der Waals surface area contributed by atoms with Gasteiger partial charge in [0.15, 0.2) is 0 Å². The largest absolute Gasteiger partial charge is 0.465 e. The first-order valence-electron chi connectivity index (χ1n) is 4.49. The summed E-state index contributed by atoms with van der Waals surface area (Å²) in [4.78, 5) is 18.3. The van der Waals surface area contributed by atoms with Crippen LogP contribution in [-0.2, 0) is 4.74 Å². The van der Waals surface area contributed by atoms with Crippen molar-refractivity contribution in [3.63, 3.8) is 0 Å². The van der Waals surface area contributed by atoms with Crippen LogP contribution in [0.15, 0.2) is 36.8 Å². The number of ether oxygens (including phenoxy) is 1. The highest BCUT2D eigenvalue weighted by molar-refractivity contribution is 5.90. The molecule has 0 saturated heterocycles. The molecular weight excluding hydrogens is 192 g/mol. The number of rotatable bonds is 2. The Kier molecular flexibility index (Phi) is 2.49. The van der Waals surface area contributed by atoms with Gasteiger partial charge in [0.1, 0.15) is 0 Å². The lowest BCUT2D eigenvalue weighted by atomic mass is 10.1. The minimum atomic E-state index is -0.340. The van der Waals surface area contributed by atoms with Crippen molar-refractivity contribution >= 4 is 5.97 Å². The number of nitrogens with one attached hydrogen (secondary N) is 1. The minimum Gasteiger partial charge on any atom is -0.465 e. The molecule has 1 aromatic carbocycles. The standard InChI is InChI=1S/C11H10N2O2/c1-15-11(14)9-4-2-3-8(5-9)10-6-12-7-13-10/h2-7H,1H3,(H,12,13). The van der Waals surface area contributed by atoms with Crippen molar-refractivity contribution in [1.29, 1.82) is 0 Å². The molecule has 0 saturated carbocycles. The lowest BCUT2D eigenvalue weighted by Crippen LogP contribution is -2.00. The number of hydrogen-bond donors (Lipinski definition) is 1. The number of carbonyl (C=O) groups excluding carboxylic acids is 1. The van der Waals surface area contributed by atoms with Crippen LogP contribution in [0, 0.1) is 0 Å². The summed E-state index contributed by atoms with van der Waals surface area (Å²) in [6.07, 6.45) is 3.37. The zero-order valence-corrected chi connectivity index (χ0v) is 8.23. The Morgan fingerprint density at radius 1 is 1.47 bits per heavy atom. The van der Waals surface area contributed by atoms with Crippen LogP contribution in [-0.4, -0.2) is 23.0 Å². The lowest BCUT2D eigenvalue weighted by Gasteiger charge is -2.01. The molecule has 2 rings (SSSR count). The monoisotopic (exact) mass is 202 g/mol. The smallest absolute Gasteiger partial charge is 0.337 e. The average Bonchev–Trinajstić information content (AvgIpc) is 2.82. The molecule has 0 amide bonds. The molecule has 0 radical (unpaired) electrons. The summed E-state index contributed by atoms with van der Waals surface area (Å²) >= 11 is 0. The summed E-state index contributed by atoms with van der Waals surface area (Å²) < 4.78 is 4.64. The van der Waals surface area contributed by atoms with Gasteiger partial charge in [-0.05, 0) is 12.1 Å². The Hall–Kier alpha value is -2.10. The van der Waals surface area contributed by atoms with Crippen molar-refractivity contribution in [3.05, 3.63) is 42.4 Å². The van der Waals surface area contributed by atoms with Crippen LogP contribution in [0.5, 0.6) is 0 Å². The molecule has 0 atom stereocenters. The van der Waals surface area contributed by atoms with Crippen molar-refractivity contribution in [2.24, 2.45) is 0 Å². The van der Waals surface area contributed by atoms with Crippen LogP contribution in [0.25, 0.3) is 11.3 Å². The average molecular weight is 202 g/mol. The molecule has 4 nitrogen and oxygen atoms in total. The fraction of sp³-hybridized carbons (Fsp3) is 0.0909. The Morgan fingerprint density at radius 3 is 3.00 bits per heavy atom. The molecule has 15 heavy (non-hydrogen) atoms. The number of esters is 1. The van der Waals surface area contributed by atoms with E-state index in [0.29, 0.717) is 5.56 Å². The molecule has 0 bridgehead atoms. The van der Waals surface area contributed by atoms with Crippen LogP contribution >= 0.6 is 0 Å². The molecule has 76 valence electrons. The van der Waals surface area contributed by atoms with E-state index in [4.69, 9.17) is 0 Å². The first-order valence-corrected chi connectivity index (χ1v) is 4.49. The van der Waals surface area contributed by atoms with E-state index in [1.165, 1.54) is 7.11 Å². The molecule has 1 N–H and O–H groups in total. The summed E-state index contributed by atoms with van der Waals surface area (Å²) in [5.41, 5.74) is 2.22. The summed E-state index contributed by atoms with van der Waals surface area (Å²) in [6.45, 7) is 0. The predicted octanol–water partition coefficient (Wildman–Crippen LogP) is 1.86. The third-order valence-corrected chi connectivity index (χ3v) is 2.08. The van der Waals surface area contributed by atoms with Crippen LogP contribution < -0.4 is 0 Å². The van der Waals surface area contributed by atoms with Crippen molar-refractivity contribution in [1.82, 2.24) is 9.97 Å². The minimum absolute atomic E-state index is 0.340. The van der Waals surface area contributed by atoms with Crippen LogP contribution in [0.4, 0.5) is 0 Å². The van der Waals surface area contributed by atoms with Gasteiger partial charge in [0.05, 0.1) is 24.7 Å². The van der Waals surface area contributed by atoms with E-state index in [1.807, 2.05) is 6.07 Å². The van der Waals surface area contributed by atoms with E-state index in [2.05, 4.69) is 14.7 Å². The molecule has 1 heterocycles. The Bertz CT molecular complexity index is 463. The molecular formula is C11H10N2O2. The van der Waals surface area contributed by atoms with Gasteiger partial charge in [0.2, 0.25) is 0 Å². The zero-order valence-electron chi connectivity index (χ0n) is 8.23. The normalized spacial score (nSPS) is 9.93. The highest BCUT2D eigenvalue weighted by Crippen LogP contribution is 2.17. The van der Waals surface area contributed by atoms with Gasteiger partial charge in [-0.2, -0.15) is 0 Å². The zero-order chi connectivity index (χ0) is 10.7. The Labute approximate surface area is 86.9 Å². The molecule has 0 aliphatic carbocycles. The maximum Gasteiger partial charge on any atom is 0.337 e. The van der Waals surface area contributed by atoms with Crippen LogP contribution in [0.2, 0.25) is 0 Å². The highest BCUT2D eigenvalue weighted by Gasteiger charge is 2.07. The third-order valence-electron chi connectivity index (χ3n) is 2.08. The Morgan fingerprint density at radius 2 is 2.33 bits per heavy atom. The van der Waals surface area contributed by atoms with E-state index >= 15 is 0 Å². The third kappa shape index (κ3) is 1.88. The maximum atomic E-state index is 11.3. The van der Waals surface area contributed by atoms with E-state index in [-0.39, 0.29) is 5.97 Å². The molecule has 4 heteroatoms. The van der Waals surface area contributed by atoms with Gasteiger partial charge in [-0.3, -0.25) is 0 Å². The number of H-pyrrole nitrogens is 1. The van der Waals surface area contributed by atoms with Crippen LogP contribution in [0.3, 0.4) is 0 Å². The van der Waals surface area contributed by atoms with Gasteiger partial charge in [-0.25, -0.2) is 9.78 Å². The molecule has 0 aliphatic heterocycles. The van der Waals surface area contributed by atoms with E-state index in [1.54, 1.807) is 30.7 Å². The maximum absolute atomic E-state index is 11.3. The van der Waals surface area contributed by atoms with Gasteiger partial charge >= 0.3 is 5.97 Å². The number of nitrogens with zero attached hydrogens (tertiary/aromatic N) is 1. The van der Waals surface area contributed by atoms with Crippen molar-refractivity contribution in [2.45, 2.75) is 0 Å². The van der Waals surface area contributed by atoms with Crippen LogP contribution in [0.1, 0.15) is 10.4 Å². The number of methoxy groups -OCH3 is 1.